The second-order valence-corrected chi connectivity index (χ2v) is 7.34. The zero-order valence-corrected chi connectivity index (χ0v) is 14.9. The molecule has 0 bridgehead atoms. The number of carbonyl (C=O) groups excluding carboxylic acids is 2. The predicted octanol–water partition coefficient (Wildman–Crippen LogP) is 2.19. The molecule has 1 saturated heterocycles. The third kappa shape index (κ3) is 5.56. The van der Waals surface area contributed by atoms with Crippen LogP contribution in [-0.4, -0.2) is 48.9 Å². The van der Waals surface area contributed by atoms with Gasteiger partial charge in [-0.3, -0.25) is 9.59 Å². The first kappa shape index (κ1) is 17.9. The number of benzene rings is 1. The third-order valence-corrected chi connectivity index (χ3v) is 5.39. The molecule has 0 atom stereocenters. The third-order valence-electron chi connectivity index (χ3n) is 5.39. The molecule has 1 heterocycles. The van der Waals surface area contributed by atoms with Gasteiger partial charge in [-0.15, -0.1) is 0 Å². The summed E-state index contributed by atoms with van der Waals surface area (Å²) in [7, 11) is 0. The Morgan fingerprint density at radius 1 is 1.00 bits per heavy atom. The molecule has 0 unspecified atom stereocenters. The fraction of sp³-hybridized carbons (Fsp3) is 0.600. The molecule has 2 amide bonds. The van der Waals surface area contributed by atoms with Crippen LogP contribution in [0.3, 0.4) is 0 Å². The summed E-state index contributed by atoms with van der Waals surface area (Å²) in [6.45, 7) is 3.40. The Labute approximate surface area is 150 Å². The number of carbonyl (C=O) groups is 2. The molecule has 2 aliphatic rings. The van der Waals surface area contributed by atoms with Gasteiger partial charge in [0.1, 0.15) is 0 Å². The minimum absolute atomic E-state index is 0.0377. The molecule has 1 aliphatic carbocycles. The molecule has 2 N–H and O–H groups in total. The Balaban J connectivity index is 1.33. The fourth-order valence-electron chi connectivity index (χ4n) is 3.95. The van der Waals surface area contributed by atoms with Crippen LogP contribution in [0.5, 0.6) is 0 Å². The number of amides is 2. The highest BCUT2D eigenvalue weighted by molar-refractivity contribution is 5.96. The van der Waals surface area contributed by atoms with E-state index in [1.54, 1.807) is 12.1 Å². The standard InChI is InChI=1S/C20H29N3O2/c24-19(14-21-20(25)17-8-2-1-3-9-17)22-18-10-12-23(13-11-18)15-16-6-4-5-7-16/h1-3,8-9,16,18H,4-7,10-15H2,(H,21,25)(H,22,24). The first-order valence-electron chi connectivity index (χ1n) is 9.55. The van der Waals surface area contributed by atoms with E-state index in [1.807, 2.05) is 18.2 Å². The van der Waals surface area contributed by atoms with Gasteiger partial charge in [0.2, 0.25) is 5.91 Å². The van der Waals surface area contributed by atoms with Crippen LogP contribution in [-0.2, 0) is 4.79 Å². The van der Waals surface area contributed by atoms with Crippen molar-refractivity contribution in [2.75, 3.05) is 26.2 Å². The highest BCUT2D eigenvalue weighted by Gasteiger charge is 2.24. The highest BCUT2D eigenvalue weighted by atomic mass is 16.2. The molecule has 5 nitrogen and oxygen atoms in total. The maximum atomic E-state index is 12.1. The number of hydrogen-bond donors (Lipinski definition) is 2. The van der Waals surface area contributed by atoms with Crippen molar-refractivity contribution in [3.05, 3.63) is 35.9 Å². The Hall–Kier alpha value is -1.88. The van der Waals surface area contributed by atoms with Crippen LogP contribution < -0.4 is 10.6 Å². The van der Waals surface area contributed by atoms with Gasteiger partial charge in [0.05, 0.1) is 6.54 Å². The zero-order chi connectivity index (χ0) is 17.5. The Morgan fingerprint density at radius 2 is 1.68 bits per heavy atom. The second-order valence-electron chi connectivity index (χ2n) is 7.34. The summed E-state index contributed by atoms with van der Waals surface area (Å²) in [5.41, 5.74) is 0.579. The van der Waals surface area contributed by atoms with Crippen molar-refractivity contribution in [3.8, 4) is 0 Å². The summed E-state index contributed by atoms with van der Waals surface area (Å²) in [5.74, 6) is 0.583. The summed E-state index contributed by atoms with van der Waals surface area (Å²) < 4.78 is 0. The van der Waals surface area contributed by atoms with E-state index in [0.29, 0.717) is 5.56 Å². The van der Waals surface area contributed by atoms with Gasteiger partial charge in [0.15, 0.2) is 0 Å². The molecule has 2 fully saturated rings. The van der Waals surface area contributed by atoms with Crippen molar-refractivity contribution in [2.24, 2.45) is 5.92 Å². The summed E-state index contributed by atoms with van der Waals surface area (Å²) in [5, 5.41) is 5.74. The number of hydrogen-bond acceptors (Lipinski definition) is 3. The molecule has 0 radical (unpaired) electrons. The SMILES string of the molecule is O=C(CNC(=O)c1ccccc1)NC1CCN(CC2CCCC2)CC1. The van der Waals surface area contributed by atoms with Crippen LogP contribution >= 0.6 is 0 Å². The van der Waals surface area contributed by atoms with E-state index in [0.717, 1.165) is 31.8 Å². The summed E-state index contributed by atoms with van der Waals surface area (Å²) in [6, 6.07) is 9.22. The van der Waals surface area contributed by atoms with Gasteiger partial charge in [0.25, 0.3) is 5.91 Å². The molecule has 3 rings (SSSR count). The average molecular weight is 343 g/mol. The molecule has 1 saturated carbocycles. The van der Waals surface area contributed by atoms with Crippen molar-refractivity contribution >= 4 is 11.8 Å². The number of nitrogens with zero attached hydrogens (tertiary/aromatic N) is 1. The minimum Gasteiger partial charge on any atom is -0.352 e. The van der Waals surface area contributed by atoms with Crippen molar-refractivity contribution in [3.63, 3.8) is 0 Å². The van der Waals surface area contributed by atoms with Gasteiger partial charge >= 0.3 is 0 Å². The van der Waals surface area contributed by atoms with Crippen molar-refractivity contribution in [1.82, 2.24) is 15.5 Å². The quantitative estimate of drug-likeness (QED) is 0.832. The topological polar surface area (TPSA) is 61.4 Å². The van der Waals surface area contributed by atoms with E-state index < -0.39 is 0 Å². The lowest BCUT2D eigenvalue weighted by Gasteiger charge is -2.33. The van der Waals surface area contributed by atoms with E-state index in [9.17, 15) is 9.59 Å². The van der Waals surface area contributed by atoms with Crippen LogP contribution in [0, 0.1) is 5.92 Å². The van der Waals surface area contributed by atoms with Gasteiger partial charge in [-0.1, -0.05) is 31.0 Å². The van der Waals surface area contributed by atoms with Crippen molar-refractivity contribution in [1.29, 1.82) is 0 Å². The van der Waals surface area contributed by atoms with Crippen LogP contribution in [0.15, 0.2) is 30.3 Å². The molecule has 5 heteroatoms. The number of rotatable bonds is 6. The lowest BCUT2D eigenvalue weighted by molar-refractivity contribution is -0.121. The second kappa shape index (κ2) is 8.99. The van der Waals surface area contributed by atoms with E-state index in [2.05, 4.69) is 15.5 Å². The van der Waals surface area contributed by atoms with Crippen molar-refractivity contribution in [2.45, 2.75) is 44.6 Å². The molecule has 1 aromatic rings. The predicted molar refractivity (Wildman–Crippen MR) is 98.3 cm³/mol. The fourth-order valence-corrected chi connectivity index (χ4v) is 3.95. The molecule has 1 aromatic carbocycles. The van der Waals surface area contributed by atoms with Crippen LogP contribution in [0.25, 0.3) is 0 Å². The maximum Gasteiger partial charge on any atom is 0.251 e. The normalized spacial score (nSPS) is 19.7. The molecular weight excluding hydrogens is 314 g/mol. The maximum absolute atomic E-state index is 12.1. The highest BCUT2D eigenvalue weighted by Crippen LogP contribution is 2.26. The lowest BCUT2D eigenvalue weighted by atomic mass is 10.0. The van der Waals surface area contributed by atoms with Gasteiger partial charge < -0.3 is 15.5 Å². The number of piperidine rings is 1. The number of nitrogens with one attached hydrogen (secondary N) is 2. The van der Waals surface area contributed by atoms with Crippen LogP contribution in [0.1, 0.15) is 48.9 Å². The summed E-state index contributed by atoms with van der Waals surface area (Å²) in [4.78, 5) is 26.6. The Bertz CT molecular complexity index is 562. The van der Waals surface area contributed by atoms with E-state index in [-0.39, 0.29) is 24.4 Å². The van der Waals surface area contributed by atoms with Gasteiger partial charge in [-0.05, 0) is 43.7 Å². The molecule has 25 heavy (non-hydrogen) atoms. The minimum atomic E-state index is -0.206. The smallest absolute Gasteiger partial charge is 0.251 e. The van der Waals surface area contributed by atoms with Crippen LogP contribution in [0.2, 0.25) is 0 Å². The summed E-state index contributed by atoms with van der Waals surface area (Å²) >= 11 is 0. The van der Waals surface area contributed by atoms with Gasteiger partial charge in [0, 0.05) is 31.2 Å². The van der Waals surface area contributed by atoms with Crippen LogP contribution in [0.4, 0.5) is 0 Å². The monoisotopic (exact) mass is 343 g/mol. The molecule has 136 valence electrons. The molecule has 0 spiro atoms. The number of likely N-dealkylation sites (tertiary alicyclic amines) is 1. The molecular formula is C20H29N3O2. The largest absolute Gasteiger partial charge is 0.352 e. The van der Waals surface area contributed by atoms with Gasteiger partial charge in [-0.25, -0.2) is 0 Å². The molecule has 0 aromatic heterocycles. The van der Waals surface area contributed by atoms with Gasteiger partial charge in [-0.2, -0.15) is 0 Å². The first-order valence-corrected chi connectivity index (χ1v) is 9.55. The lowest BCUT2D eigenvalue weighted by Crippen LogP contribution is -2.48. The van der Waals surface area contributed by atoms with Crippen molar-refractivity contribution < 1.29 is 9.59 Å². The van der Waals surface area contributed by atoms with E-state index in [1.165, 1.54) is 32.2 Å². The summed E-state index contributed by atoms with van der Waals surface area (Å²) in [6.07, 6.45) is 7.57. The zero-order valence-electron chi connectivity index (χ0n) is 14.9. The first-order chi connectivity index (χ1) is 12.2. The Kier molecular flexibility index (Phi) is 6.45. The van der Waals surface area contributed by atoms with E-state index in [4.69, 9.17) is 0 Å². The molecule has 1 aliphatic heterocycles. The van der Waals surface area contributed by atoms with E-state index >= 15 is 0 Å². The average Bonchev–Trinajstić information content (AvgIpc) is 3.15. The Morgan fingerprint density at radius 3 is 2.36 bits per heavy atom.